The molecule has 174 valence electrons. The van der Waals surface area contributed by atoms with Gasteiger partial charge in [0.05, 0.1) is 41.2 Å². The normalized spacial score (nSPS) is 15.3. The van der Waals surface area contributed by atoms with E-state index in [1.807, 2.05) is 4.90 Å². The molecule has 1 aliphatic rings. The van der Waals surface area contributed by atoms with Gasteiger partial charge < -0.3 is 24.8 Å². The standard InChI is InChI=1S/C20H23F3N4O4S/c1-12-9-17(26-31-12)25-19(29)13(2)32-11-18(28)24-15-10-14(20(21,22)23)3-4-16(15)27-5-7-30-8-6-27/h3-4,9-10,13H,5-8,11H2,1-2H3,(H,24,28)(H,25,26,29)/t13-/m0/s1. The predicted molar refractivity (Wildman–Crippen MR) is 115 cm³/mol. The molecule has 0 unspecified atom stereocenters. The first-order valence-electron chi connectivity index (χ1n) is 9.83. The molecule has 2 heterocycles. The minimum atomic E-state index is -4.54. The molecular weight excluding hydrogens is 449 g/mol. The fourth-order valence-electron chi connectivity index (χ4n) is 3.01. The van der Waals surface area contributed by atoms with E-state index in [0.717, 1.165) is 23.9 Å². The van der Waals surface area contributed by atoms with E-state index in [1.54, 1.807) is 19.9 Å². The fourth-order valence-corrected chi connectivity index (χ4v) is 3.69. The van der Waals surface area contributed by atoms with E-state index in [1.165, 1.54) is 6.07 Å². The molecule has 2 amide bonds. The molecule has 12 heteroatoms. The molecule has 2 aromatic rings. The molecule has 3 rings (SSSR count). The Morgan fingerprint density at radius 2 is 1.94 bits per heavy atom. The number of halogens is 3. The molecule has 1 saturated heterocycles. The molecular formula is C20H23F3N4O4S. The Balaban J connectivity index is 1.64. The maximum Gasteiger partial charge on any atom is 0.416 e. The van der Waals surface area contributed by atoms with Crippen molar-refractivity contribution in [3.8, 4) is 0 Å². The third-order valence-electron chi connectivity index (χ3n) is 4.66. The number of carbonyl (C=O) groups is 2. The largest absolute Gasteiger partial charge is 0.416 e. The van der Waals surface area contributed by atoms with Crippen molar-refractivity contribution in [3.63, 3.8) is 0 Å². The predicted octanol–water partition coefficient (Wildman–Crippen LogP) is 3.54. The van der Waals surface area contributed by atoms with Gasteiger partial charge in [-0.3, -0.25) is 9.59 Å². The molecule has 8 nitrogen and oxygen atoms in total. The third-order valence-corrected chi connectivity index (χ3v) is 5.81. The smallest absolute Gasteiger partial charge is 0.378 e. The van der Waals surface area contributed by atoms with E-state index in [-0.39, 0.29) is 23.2 Å². The van der Waals surface area contributed by atoms with Gasteiger partial charge in [0.15, 0.2) is 5.82 Å². The van der Waals surface area contributed by atoms with Gasteiger partial charge in [-0.15, -0.1) is 11.8 Å². The quantitative estimate of drug-likeness (QED) is 0.636. The summed E-state index contributed by atoms with van der Waals surface area (Å²) in [6, 6.07) is 4.83. The van der Waals surface area contributed by atoms with E-state index in [0.29, 0.717) is 37.8 Å². The number of aryl methyl sites for hydroxylation is 1. The molecule has 1 aromatic carbocycles. The van der Waals surface area contributed by atoms with Crippen LogP contribution >= 0.6 is 11.8 Å². The van der Waals surface area contributed by atoms with Crippen molar-refractivity contribution in [1.82, 2.24) is 5.16 Å². The van der Waals surface area contributed by atoms with Crippen LogP contribution in [0.25, 0.3) is 0 Å². The van der Waals surface area contributed by atoms with Crippen LogP contribution in [0.1, 0.15) is 18.2 Å². The zero-order valence-corrected chi connectivity index (χ0v) is 18.3. The van der Waals surface area contributed by atoms with Gasteiger partial charge in [-0.1, -0.05) is 5.16 Å². The molecule has 0 saturated carbocycles. The zero-order chi connectivity index (χ0) is 23.3. The molecule has 0 bridgehead atoms. The summed E-state index contributed by atoms with van der Waals surface area (Å²) >= 11 is 1.05. The Bertz CT molecular complexity index is 961. The van der Waals surface area contributed by atoms with Gasteiger partial charge in [0, 0.05) is 19.2 Å². The SMILES string of the molecule is Cc1cc(NC(=O)[C@H](C)SCC(=O)Nc2cc(C(F)(F)F)ccc2N2CCOCC2)no1. The van der Waals surface area contributed by atoms with Crippen molar-refractivity contribution in [2.24, 2.45) is 0 Å². The number of alkyl halides is 3. The van der Waals surface area contributed by atoms with Crippen LogP contribution in [0.3, 0.4) is 0 Å². The van der Waals surface area contributed by atoms with Crippen LogP contribution in [0.4, 0.5) is 30.4 Å². The van der Waals surface area contributed by atoms with E-state index >= 15 is 0 Å². The number of ether oxygens (including phenoxy) is 1. The lowest BCUT2D eigenvalue weighted by Crippen LogP contribution is -2.37. The molecule has 0 spiro atoms. The lowest BCUT2D eigenvalue weighted by molar-refractivity contribution is -0.137. The average Bonchev–Trinajstić information content (AvgIpc) is 3.16. The number of amides is 2. The molecule has 2 N–H and O–H groups in total. The Morgan fingerprint density at radius 3 is 2.56 bits per heavy atom. The first kappa shape index (κ1) is 23.9. The van der Waals surface area contributed by atoms with E-state index in [4.69, 9.17) is 9.26 Å². The molecule has 1 atom stereocenters. The zero-order valence-electron chi connectivity index (χ0n) is 17.5. The number of nitrogens with zero attached hydrogens (tertiary/aromatic N) is 2. The number of hydrogen-bond donors (Lipinski definition) is 2. The Hall–Kier alpha value is -2.73. The first-order valence-corrected chi connectivity index (χ1v) is 10.9. The number of morpholine rings is 1. The summed E-state index contributed by atoms with van der Waals surface area (Å²) in [4.78, 5) is 26.6. The number of benzene rings is 1. The summed E-state index contributed by atoms with van der Waals surface area (Å²) < 4.78 is 49.8. The van der Waals surface area contributed by atoms with E-state index in [9.17, 15) is 22.8 Å². The van der Waals surface area contributed by atoms with Gasteiger partial charge in [-0.05, 0) is 32.0 Å². The van der Waals surface area contributed by atoms with E-state index < -0.39 is 22.9 Å². The number of thioether (sulfide) groups is 1. The number of carbonyl (C=O) groups excluding carboxylic acids is 2. The maximum atomic E-state index is 13.2. The third kappa shape index (κ3) is 6.39. The van der Waals surface area contributed by atoms with Gasteiger partial charge in [-0.25, -0.2) is 0 Å². The minimum Gasteiger partial charge on any atom is -0.378 e. The number of anilines is 3. The van der Waals surface area contributed by atoms with Gasteiger partial charge >= 0.3 is 6.18 Å². The monoisotopic (exact) mass is 472 g/mol. The molecule has 1 aliphatic heterocycles. The number of nitrogens with one attached hydrogen (secondary N) is 2. The maximum absolute atomic E-state index is 13.2. The number of rotatable bonds is 7. The average molecular weight is 472 g/mol. The molecule has 32 heavy (non-hydrogen) atoms. The highest BCUT2D eigenvalue weighted by Gasteiger charge is 2.32. The summed E-state index contributed by atoms with van der Waals surface area (Å²) in [6.07, 6.45) is -4.54. The summed E-state index contributed by atoms with van der Waals surface area (Å²) in [5, 5.41) is 8.21. The topological polar surface area (TPSA) is 96.7 Å². The highest BCUT2D eigenvalue weighted by Crippen LogP contribution is 2.36. The van der Waals surface area contributed by atoms with Crippen LogP contribution in [0, 0.1) is 6.92 Å². The fraction of sp³-hybridized carbons (Fsp3) is 0.450. The van der Waals surface area contributed by atoms with Gasteiger partial charge in [0.25, 0.3) is 0 Å². The van der Waals surface area contributed by atoms with Crippen LogP contribution < -0.4 is 15.5 Å². The van der Waals surface area contributed by atoms with E-state index in [2.05, 4.69) is 15.8 Å². The molecule has 1 fully saturated rings. The summed E-state index contributed by atoms with van der Waals surface area (Å²) in [7, 11) is 0. The van der Waals surface area contributed by atoms with Crippen molar-refractivity contribution in [2.75, 3.05) is 47.6 Å². The van der Waals surface area contributed by atoms with Crippen molar-refractivity contribution >= 4 is 40.8 Å². The van der Waals surface area contributed by atoms with Crippen molar-refractivity contribution in [1.29, 1.82) is 0 Å². The molecule has 1 aromatic heterocycles. The van der Waals surface area contributed by atoms with Crippen molar-refractivity contribution in [3.05, 3.63) is 35.6 Å². The number of aromatic nitrogens is 1. The van der Waals surface area contributed by atoms with Crippen LogP contribution in [-0.4, -0.2) is 54.3 Å². The van der Waals surface area contributed by atoms with Gasteiger partial charge in [0.2, 0.25) is 11.8 Å². The molecule has 0 aliphatic carbocycles. The van der Waals surface area contributed by atoms with Crippen molar-refractivity contribution < 1.29 is 32.0 Å². The Labute approximate surface area is 186 Å². The summed E-state index contributed by atoms with van der Waals surface area (Å²) in [5.74, 6) is -0.198. The van der Waals surface area contributed by atoms with Crippen LogP contribution in [0.5, 0.6) is 0 Å². The first-order chi connectivity index (χ1) is 15.1. The second kappa shape index (κ2) is 10.3. The lowest BCUT2D eigenvalue weighted by atomic mass is 10.1. The highest BCUT2D eigenvalue weighted by atomic mass is 32.2. The molecule has 0 radical (unpaired) electrons. The highest BCUT2D eigenvalue weighted by molar-refractivity contribution is 8.01. The number of hydrogen-bond acceptors (Lipinski definition) is 7. The second-order valence-electron chi connectivity index (χ2n) is 7.14. The Morgan fingerprint density at radius 1 is 1.22 bits per heavy atom. The Kier molecular flexibility index (Phi) is 7.67. The van der Waals surface area contributed by atoms with Gasteiger partial charge in [0.1, 0.15) is 5.76 Å². The van der Waals surface area contributed by atoms with Crippen LogP contribution in [0.15, 0.2) is 28.8 Å². The van der Waals surface area contributed by atoms with Gasteiger partial charge in [-0.2, -0.15) is 13.2 Å². The van der Waals surface area contributed by atoms with Crippen LogP contribution in [-0.2, 0) is 20.5 Å². The summed E-state index contributed by atoms with van der Waals surface area (Å²) in [6.45, 7) is 5.20. The van der Waals surface area contributed by atoms with Crippen molar-refractivity contribution in [2.45, 2.75) is 25.3 Å². The minimum absolute atomic E-state index is 0.0718. The lowest BCUT2D eigenvalue weighted by Gasteiger charge is -2.31. The summed E-state index contributed by atoms with van der Waals surface area (Å²) in [5.41, 5.74) is -0.289. The second-order valence-corrected chi connectivity index (χ2v) is 8.47. The van der Waals surface area contributed by atoms with Crippen LogP contribution in [0.2, 0.25) is 0 Å².